The molecule has 0 fully saturated rings. The fraction of sp³-hybridized carbons (Fsp3) is 0.526. The second kappa shape index (κ2) is 8.94. The third-order valence-electron chi connectivity index (χ3n) is 4.42. The van der Waals surface area contributed by atoms with E-state index in [1.54, 1.807) is 17.7 Å². The van der Waals surface area contributed by atoms with Gasteiger partial charge in [-0.15, -0.1) is 0 Å². The lowest BCUT2D eigenvalue weighted by Crippen LogP contribution is -2.22. The summed E-state index contributed by atoms with van der Waals surface area (Å²) in [6.07, 6.45) is -2.41. The molecule has 2 aromatic heterocycles. The highest BCUT2D eigenvalue weighted by molar-refractivity contribution is 6.35. The maximum absolute atomic E-state index is 12.9. The zero-order chi connectivity index (χ0) is 21.1. The van der Waals surface area contributed by atoms with E-state index >= 15 is 0 Å². The first kappa shape index (κ1) is 22.2. The zero-order valence-corrected chi connectivity index (χ0v) is 17.0. The number of hydrogen-bond acceptors (Lipinski definition) is 4. The third-order valence-corrected chi connectivity index (χ3v) is 4.78. The Morgan fingerprint density at radius 2 is 2.00 bits per heavy atom. The Bertz CT molecular complexity index is 850. The Labute approximate surface area is 166 Å². The van der Waals surface area contributed by atoms with Crippen LogP contribution in [-0.2, 0) is 24.1 Å². The lowest BCUT2D eigenvalue weighted by molar-refractivity contribution is -0.169. The first-order valence-corrected chi connectivity index (χ1v) is 9.49. The summed E-state index contributed by atoms with van der Waals surface area (Å²) in [5.74, 6) is -2.11. The van der Waals surface area contributed by atoms with Gasteiger partial charge < -0.3 is 4.74 Å². The van der Waals surface area contributed by atoms with E-state index in [-0.39, 0.29) is 23.7 Å². The van der Waals surface area contributed by atoms with E-state index in [1.807, 2.05) is 13.8 Å². The number of rotatable bonds is 7. The molecule has 0 aliphatic rings. The van der Waals surface area contributed by atoms with Crippen LogP contribution in [0.2, 0.25) is 5.02 Å². The standard InChI is InChI=1S/C19H23ClF3N3O2/c1-5-12-9-13(8-11(4)19(21,22)23)24-10-14(12)17-15(20)16(18(27)28-7-3)25-26(17)6-2/h9-11H,5-8H2,1-4H3. The molecule has 2 rings (SSSR count). The summed E-state index contributed by atoms with van der Waals surface area (Å²) in [5, 5.41) is 4.38. The van der Waals surface area contributed by atoms with E-state index in [0.717, 1.165) is 12.5 Å². The number of ether oxygens (including phenoxy) is 1. The quantitative estimate of drug-likeness (QED) is 0.588. The van der Waals surface area contributed by atoms with E-state index in [0.29, 0.717) is 29.9 Å². The largest absolute Gasteiger partial charge is 0.461 e. The van der Waals surface area contributed by atoms with Crippen molar-refractivity contribution in [3.8, 4) is 11.3 Å². The van der Waals surface area contributed by atoms with Crippen molar-refractivity contribution in [1.82, 2.24) is 14.8 Å². The number of halogens is 4. The minimum Gasteiger partial charge on any atom is -0.461 e. The van der Waals surface area contributed by atoms with Gasteiger partial charge in [-0.3, -0.25) is 9.67 Å². The highest BCUT2D eigenvalue weighted by Crippen LogP contribution is 2.35. The summed E-state index contributed by atoms with van der Waals surface area (Å²) in [5.41, 5.74) is 2.30. The topological polar surface area (TPSA) is 57.0 Å². The molecule has 1 atom stereocenters. The average molecular weight is 418 g/mol. The molecule has 0 aliphatic heterocycles. The molecule has 0 radical (unpaired) electrons. The zero-order valence-electron chi connectivity index (χ0n) is 16.2. The molecule has 0 amide bonds. The molecule has 0 aromatic carbocycles. The summed E-state index contributed by atoms with van der Waals surface area (Å²) in [6.45, 7) is 7.20. The lowest BCUT2D eigenvalue weighted by Gasteiger charge is -2.16. The lowest BCUT2D eigenvalue weighted by atomic mass is 9.99. The van der Waals surface area contributed by atoms with Gasteiger partial charge >= 0.3 is 12.1 Å². The van der Waals surface area contributed by atoms with Gasteiger partial charge in [0, 0.05) is 30.4 Å². The van der Waals surface area contributed by atoms with Gasteiger partial charge in [-0.05, 0) is 31.9 Å². The van der Waals surface area contributed by atoms with Gasteiger partial charge in [0.2, 0.25) is 0 Å². The van der Waals surface area contributed by atoms with Gasteiger partial charge in [-0.2, -0.15) is 18.3 Å². The van der Waals surface area contributed by atoms with Gasteiger partial charge in [0.1, 0.15) is 5.02 Å². The monoisotopic (exact) mass is 417 g/mol. The molecule has 0 saturated carbocycles. The predicted molar refractivity (Wildman–Crippen MR) is 100 cm³/mol. The predicted octanol–water partition coefficient (Wildman–Crippen LogP) is 5.10. The summed E-state index contributed by atoms with van der Waals surface area (Å²) in [6, 6.07) is 1.66. The van der Waals surface area contributed by atoms with Gasteiger partial charge in [-0.25, -0.2) is 4.79 Å². The Morgan fingerprint density at radius 3 is 2.54 bits per heavy atom. The van der Waals surface area contributed by atoms with Crippen LogP contribution < -0.4 is 0 Å². The van der Waals surface area contributed by atoms with Crippen molar-refractivity contribution in [3.05, 3.63) is 34.2 Å². The fourth-order valence-corrected chi connectivity index (χ4v) is 3.16. The van der Waals surface area contributed by atoms with Crippen LogP contribution in [0.5, 0.6) is 0 Å². The van der Waals surface area contributed by atoms with Crippen LogP contribution in [0, 0.1) is 5.92 Å². The molecule has 0 N–H and O–H groups in total. The number of nitrogens with zero attached hydrogens (tertiary/aromatic N) is 3. The number of aryl methyl sites for hydroxylation is 2. The van der Waals surface area contributed by atoms with Crippen molar-refractivity contribution in [2.75, 3.05) is 6.61 Å². The number of esters is 1. The van der Waals surface area contributed by atoms with Crippen LogP contribution in [0.15, 0.2) is 12.3 Å². The third kappa shape index (κ3) is 4.66. The molecule has 2 aromatic rings. The van der Waals surface area contributed by atoms with Crippen LogP contribution in [0.1, 0.15) is 49.4 Å². The summed E-state index contributed by atoms with van der Waals surface area (Å²) in [4.78, 5) is 16.3. The molecule has 0 saturated heterocycles. The molecule has 28 heavy (non-hydrogen) atoms. The van der Waals surface area contributed by atoms with Crippen molar-refractivity contribution in [3.63, 3.8) is 0 Å². The Balaban J connectivity index is 2.49. The summed E-state index contributed by atoms with van der Waals surface area (Å²) < 4.78 is 45.1. The van der Waals surface area contributed by atoms with Crippen molar-refractivity contribution in [2.24, 2.45) is 5.92 Å². The Kier molecular flexibility index (Phi) is 7.09. The number of aromatic nitrogens is 3. The molecule has 154 valence electrons. The van der Waals surface area contributed by atoms with Crippen LogP contribution in [0.3, 0.4) is 0 Å². The average Bonchev–Trinajstić information content (AvgIpc) is 2.97. The second-order valence-corrected chi connectivity index (χ2v) is 6.76. The smallest absolute Gasteiger partial charge is 0.391 e. The maximum Gasteiger partial charge on any atom is 0.391 e. The van der Waals surface area contributed by atoms with Crippen LogP contribution in [0.4, 0.5) is 13.2 Å². The Hall–Kier alpha value is -2.09. The van der Waals surface area contributed by atoms with Gasteiger partial charge in [0.05, 0.1) is 18.2 Å². The number of carbonyl (C=O) groups is 1. The van der Waals surface area contributed by atoms with Crippen molar-refractivity contribution >= 4 is 17.6 Å². The first-order chi connectivity index (χ1) is 13.1. The highest BCUT2D eigenvalue weighted by Gasteiger charge is 2.36. The molecule has 5 nitrogen and oxygen atoms in total. The summed E-state index contributed by atoms with van der Waals surface area (Å²) >= 11 is 6.43. The van der Waals surface area contributed by atoms with Crippen molar-refractivity contribution in [2.45, 2.75) is 53.3 Å². The first-order valence-electron chi connectivity index (χ1n) is 9.12. The van der Waals surface area contributed by atoms with E-state index < -0.39 is 18.1 Å². The van der Waals surface area contributed by atoms with Crippen LogP contribution in [0.25, 0.3) is 11.3 Å². The van der Waals surface area contributed by atoms with Gasteiger partial charge in [0.15, 0.2) is 5.69 Å². The minimum absolute atomic E-state index is 0.0113. The molecule has 0 aliphatic carbocycles. The van der Waals surface area contributed by atoms with E-state index in [9.17, 15) is 18.0 Å². The molecule has 0 bridgehead atoms. The van der Waals surface area contributed by atoms with E-state index in [4.69, 9.17) is 16.3 Å². The number of carbonyl (C=O) groups excluding carboxylic acids is 1. The number of hydrogen-bond donors (Lipinski definition) is 0. The SMILES string of the molecule is CCOC(=O)c1nn(CC)c(-c2cnc(CC(C)C(F)(F)F)cc2CC)c1Cl. The van der Waals surface area contributed by atoms with Crippen LogP contribution >= 0.6 is 11.6 Å². The van der Waals surface area contributed by atoms with Crippen LogP contribution in [-0.4, -0.2) is 33.5 Å². The van der Waals surface area contributed by atoms with E-state index in [1.165, 1.54) is 6.20 Å². The molecule has 1 unspecified atom stereocenters. The van der Waals surface area contributed by atoms with E-state index in [2.05, 4.69) is 10.1 Å². The minimum atomic E-state index is -4.27. The normalized spacial score (nSPS) is 12.9. The van der Waals surface area contributed by atoms with Gasteiger partial charge in [0.25, 0.3) is 0 Å². The summed E-state index contributed by atoms with van der Waals surface area (Å²) in [7, 11) is 0. The highest BCUT2D eigenvalue weighted by atomic mass is 35.5. The van der Waals surface area contributed by atoms with Gasteiger partial charge in [-0.1, -0.05) is 25.4 Å². The maximum atomic E-state index is 12.9. The molecule has 0 spiro atoms. The molecular weight excluding hydrogens is 395 g/mol. The second-order valence-electron chi connectivity index (χ2n) is 6.38. The molecule has 9 heteroatoms. The molecule has 2 heterocycles. The van der Waals surface area contributed by atoms with Crippen molar-refractivity contribution < 1.29 is 22.7 Å². The fourth-order valence-electron chi connectivity index (χ4n) is 2.85. The number of alkyl halides is 3. The number of pyridine rings is 1. The molecular formula is C19H23ClF3N3O2. The Morgan fingerprint density at radius 1 is 1.32 bits per heavy atom. The van der Waals surface area contributed by atoms with Crippen molar-refractivity contribution in [1.29, 1.82) is 0 Å².